The van der Waals surface area contributed by atoms with E-state index in [0.717, 1.165) is 17.6 Å². The third-order valence-corrected chi connectivity index (χ3v) is 7.81. The quantitative estimate of drug-likeness (QED) is 0.108. The summed E-state index contributed by atoms with van der Waals surface area (Å²) >= 11 is 0. The van der Waals surface area contributed by atoms with Crippen LogP contribution in [0.1, 0.15) is 102 Å². The molecule has 0 aliphatic rings. The maximum atomic E-state index is 10.8. The lowest BCUT2D eigenvalue weighted by Crippen LogP contribution is -2.40. The monoisotopic (exact) mass is 511 g/mol. The van der Waals surface area contributed by atoms with Crippen LogP contribution in [0, 0.1) is 0 Å². The number of hydrogen-bond acceptors (Lipinski definition) is 3. The summed E-state index contributed by atoms with van der Waals surface area (Å²) in [5.74, 6) is -0.278. The zero-order chi connectivity index (χ0) is 26.2. The normalized spacial score (nSPS) is 12.9. The molecule has 0 fully saturated rings. The zero-order valence-corrected chi connectivity index (χ0v) is 24.4. The number of nitrogens with zero attached hydrogens (tertiary/aromatic N) is 2. The summed E-state index contributed by atoms with van der Waals surface area (Å²) in [4.78, 5) is 0. The molecule has 35 heavy (non-hydrogen) atoms. The molecule has 1 aromatic rings. The summed E-state index contributed by atoms with van der Waals surface area (Å²) in [5, 5.41) is 0. The van der Waals surface area contributed by atoms with E-state index in [-0.39, 0.29) is 5.75 Å². The Hall–Kier alpha value is -0.950. The SMILES string of the molecule is CCCCCCCCCCCCCC[N+](C)(C)Cc1ccc(C[N+](C)(C)CCCS(=O)(=O)[O-])cc1. The van der Waals surface area contributed by atoms with E-state index in [0.29, 0.717) is 17.4 Å². The topological polar surface area (TPSA) is 57.2 Å². The third-order valence-electron chi connectivity index (χ3n) is 7.02. The Kier molecular flexibility index (Phi) is 15.3. The van der Waals surface area contributed by atoms with Crippen LogP contribution in [0.15, 0.2) is 24.3 Å². The summed E-state index contributed by atoms with van der Waals surface area (Å²) in [7, 11) is 4.70. The van der Waals surface area contributed by atoms with E-state index in [9.17, 15) is 13.0 Å². The Labute approximate surface area is 217 Å². The summed E-state index contributed by atoms with van der Waals surface area (Å²) in [5.41, 5.74) is 2.61. The van der Waals surface area contributed by atoms with Crippen molar-refractivity contribution in [1.29, 1.82) is 0 Å². The maximum absolute atomic E-state index is 10.8. The van der Waals surface area contributed by atoms with E-state index in [2.05, 4.69) is 59.4 Å². The molecule has 0 unspecified atom stereocenters. The Bertz CT molecular complexity index is 774. The van der Waals surface area contributed by atoms with Gasteiger partial charge < -0.3 is 13.5 Å². The largest absolute Gasteiger partial charge is 0.748 e. The molecule has 0 N–H and O–H groups in total. The first-order valence-electron chi connectivity index (χ1n) is 14.1. The molecular weight excluding hydrogens is 456 g/mol. The molecule has 0 saturated heterocycles. The first-order chi connectivity index (χ1) is 16.4. The fraction of sp³-hybridized carbons (Fsp3) is 0.793. The second kappa shape index (κ2) is 16.7. The van der Waals surface area contributed by atoms with Crippen LogP contribution in [-0.4, -0.2) is 69.0 Å². The molecule has 6 heteroatoms. The lowest BCUT2D eigenvalue weighted by molar-refractivity contribution is -0.904. The summed E-state index contributed by atoms with van der Waals surface area (Å²) in [6, 6.07) is 8.87. The molecule has 0 spiro atoms. The Morgan fingerprint density at radius 3 is 1.31 bits per heavy atom. The van der Waals surface area contributed by atoms with Crippen molar-refractivity contribution < 1.29 is 21.9 Å². The number of hydrogen-bond donors (Lipinski definition) is 0. The second-order valence-corrected chi connectivity index (χ2v) is 13.5. The molecule has 0 bridgehead atoms. The predicted octanol–water partition coefficient (Wildman–Crippen LogP) is 6.48. The average Bonchev–Trinajstić information content (AvgIpc) is 2.74. The van der Waals surface area contributed by atoms with Crippen LogP contribution in [0.4, 0.5) is 0 Å². The van der Waals surface area contributed by atoms with E-state index in [4.69, 9.17) is 0 Å². The minimum Gasteiger partial charge on any atom is -0.748 e. The van der Waals surface area contributed by atoms with E-state index in [1.54, 1.807) is 0 Å². The van der Waals surface area contributed by atoms with Crippen molar-refractivity contribution in [1.82, 2.24) is 0 Å². The highest BCUT2D eigenvalue weighted by Crippen LogP contribution is 2.17. The van der Waals surface area contributed by atoms with Gasteiger partial charge in [-0.1, -0.05) is 95.4 Å². The van der Waals surface area contributed by atoms with E-state index >= 15 is 0 Å². The van der Waals surface area contributed by atoms with Crippen molar-refractivity contribution >= 4 is 10.1 Å². The Balaban J connectivity index is 2.23. The third kappa shape index (κ3) is 18.0. The van der Waals surface area contributed by atoms with E-state index < -0.39 is 10.1 Å². The molecule has 5 nitrogen and oxygen atoms in total. The zero-order valence-electron chi connectivity index (χ0n) is 23.6. The van der Waals surface area contributed by atoms with Crippen molar-refractivity contribution in [3.63, 3.8) is 0 Å². The highest BCUT2D eigenvalue weighted by atomic mass is 32.2. The maximum Gasteiger partial charge on any atom is 0.104 e. The first kappa shape index (κ1) is 32.1. The number of rotatable bonds is 21. The molecule has 0 aliphatic carbocycles. The standard InChI is InChI=1S/C29H55N2O3S/c1-6-7-8-9-10-11-12-13-14-15-16-17-23-30(2,3)26-28-19-21-29(22-20-28)27-31(4,5)24-18-25-35(32,33)34/h19-22H,6-18,23-27H2,1-5H3/q+1. The van der Waals surface area contributed by atoms with Crippen LogP contribution >= 0.6 is 0 Å². The van der Waals surface area contributed by atoms with Gasteiger partial charge in [-0.3, -0.25) is 0 Å². The fourth-order valence-corrected chi connectivity index (χ4v) is 5.43. The molecule has 0 saturated carbocycles. The Morgan fingerprint density at radius 1 is 0.600 bits per heavy atom. The molecule has 1 rings (SSSR count). The van der Waals surface area contributed by atoms with E-state index in [1.165, 1.54) is 94.7 Å². The molecular formula is C29H55N2O3S+. The van der Waals surface area contributed by atoms with Crippen LogP contribution < -0.4 is 0 Å². The summed E-state index contributed by atoms with van der Waals surface area (Å²) in [6.07, 6.45) is 17.1. The van der Waals surface area contributed by atoms with Gasteiger partial charge in [0.15, 0.2) is 0 Å². The van der Waals surface area contributed by atoms with Crippen molar-refractivity contribution in [2.24, 2.45) is 0 Å². The van der Waals surface area contributed by atoms with Crippen LogP contribution in [0.2, 0.25) is 0 Å². The number of benzene rings is 1. The molecule has 0 heterocycles. The highest BCUT2D eigenvalue weighted by molar-refractivity contribution is 7.85. The van der Waals surface area contributed by atoms with Crippen LogP contribution in [-0.2, 0) is 23.2 Å². The predicted molar refractivity (Wildman–Crippen MR) is 148 cm³/mol. The Morgan fingerprint density at radius 2 is 0.943 bits per heavy atom. The van der Waals surface area contributed by atoms with E-state index in [1.807, 2.05) is 0 Å². The van der Waals surface area contributed by atoms with Gasteiger partial charge in [0, 0.05) is 23.3 Å². The van der Waals surface area contributed by atoms with Gasteiger partial charge in [-0.05, 0) is 12.8 Å². The molecule has 0 aliphatic heterocycles. The average molecular weight is 512 g/mol. The minimum absolute atomic E-state index is 0.278. The van der Waals surface area contributed by atoms with Gasteiger partial charge in [-0.15, -0.1) is 0 Å². The minimum atomic E-state index is -4.12. The summed E-state index contributed by atoms with van der Waals surface area (Å²) in [6.45, 7) is 6.04. The number of quaternary nitrogens is 2. The molecule has 0 atom stereocenters. The summed E-state index contributed by atoms with van der Waals surface area (Å²) < 4.78 is 34.2. The van der Waals surface area contributed by atoms with Crippen molar-refractivity contribution in [3.05, 3.63) is 35.4 Å². The van der Waals surface area contributed by atoms with Gasteiger partial charge in [0.2, 0.25) is 0 Å². The fourth-order valence-electron chi connectivity index (χ4n) is 4.95. The van der Waals surface area contributed by atoms with Crippen LogP contribution in [0.3, 0.4) is 0 Å². The van der Waals surface area contributed by atoms with Crippen molar-refractivity contribution in [2.45, 2.75) is 103 Å². The van der Waals surface area contributed by atoms with Gasteiger partial charge in [-0.25, -0.2) is 8.42 Å². The van der Waals surface area contributed by atoms with Crippen molar-refractivity contribution in [2.75, 3.05) is 47.0 Å². The van der Waals surface area contributed by atoms with Crippen molar-refractivity contribution in [3.8, 4) is 0 Å². The molecule has 0 aromatic heterocycles. The van der Waals surface area contributed by atoms with Gasteiger partial charge >= 0.3 is 0 Å². The van der Waals surface area contributed by atoms with Crippen LogP contribution in [0.5, 0.6) is 0 Å². The molecule has 1 aromatic carbocycles. The van der Waals surface area contributed by atoms with Gasteiger partial charge in [0.25, 0.3) is 0 Å². The molecule has 0 radical (unpaired) electrons. The lowest BCUT2D eigenvalue weighted by Gasteiger charge is -2.31. The van der Waals surface area contributed by atoms with Gasteiger partial charge in [0.1, 0.15) is 13.1 Å². The molecule has 0 amide bonds. The number of unbranched alkanes of at least 4 members (excludes halogenated alkanes) is 11. The first-order valence-corrected chi connectivity index (χ1v) is 15.7. The molecule has 204 valence electrons. The lowest BCUT2D eigenvalue weighted by atomic mass is 10.0. The highest BCUT2D eigenvalue weighted by Gasteiger charge is 2.18. The second-order valence-electron chi connectivity index (χ2n) is 12.0. The van der Waals surface area contributed by atoms with Gasteiger partial charge in [0.05, 0.1) is 51.4 Å². The van der Waals surface area contributed by atoms with Gasteiger partial charge in [-0.2, -0.15) is 0 Å². The smallest absolute Gasteiger partial charge is 0.104 e. The van der Waals surface area contributed by atoms with Crippen LogP contribution in [0.25, 0.3) is 0 Å².